The standard InChI is InChI=1S/C11H11Cl2N3O/c12-6-1-5(2-7(13)3-6)8-4-9(8)10(17)16-11(14)15/h1-3,8-9H,4H2,(H4,14,15,16,17). The summed E-state index contributed by atoms with van der Waals surface area (Å²) >= 11 is 11.8. The number of hydrogen-bond acceptors (Lipinski definition) is 1. The van der Waals surface area contributed by atoms with Crippen LogP contribution in [0.3, 0.4) is 0 Å². The van der Waals surface area contributed by atoms with Crippen LogP contribution in [0.5, 0.6) is 0 Å². The number of hydrogen-bond donors (Lipinski definition) is 2. The quantitative estimate of drug-likeness (QED) is 0.637. The molecular formula is C11H11Cl2N3O. The number of carbonyl (C=O) groups is 1. The largest absolute Gasteiger partial charge is 0.370 e. The second-order valence-electron chi connectivity index (χ2n) is 4.03. The van der Waals surface area contributed by atoms with E-state index in [1.807, 2.05) is 0 Å². The fourth-order valence-electron chi connectivity index (χ4n) is 1.84. The molecule has 1 amide bonds. The first-order chi connectivity index (χ1) is 7.97. The van der Waals surface area contributed by atoms with Gasteiger partial charge in [0, 0.05) is 16.0 Å². The van der Waals surface area contributed by atoms with E-state index in [2.05, 4.69) is 4.99 Å². The molecule has 1 fully saturated rings. The van der Waals surface area contributed by atoms with E-state index in [1.54, 1.807) is 18.2 Å². The SMILES string of the molecule is NC(N)=NC(=O)C1CC1c1cc(Cl)cc(Cl)c1. The van der Waals surface area contributed by atoms with Crippen LogP contribution in [0.2, 0.25) is 10.0 Å². The minimum absolute atomic E-state index is 0.113. The molecule has 0 aliphatic heterocycles. The zero-order valence-electron chi connectivity index (χ0n) is 8.86. The highest BCUT2D eigenvalue weighted by atomic mass is 35.5. The van der Waals surface area contributed by atoms with Crippen LogP contribution in [-0.4, -0.2) is 11.9 Å². The molecule has 2 rings (SSSR count). The summed E-state index contributed by atoms with van der Waals surface area (Å²) in [6.45, 7) is 0. The number of rotatable bonds is 2. The molecule has 1 saturated carbocycles. The summed E-state index contributed by atoms with van der Waals surface area (Å²) in [5.41, 5.74) is 11.3. The van der Waals surface area contributed by atoms with Crippen LogP contribution in [0.15, 0.2) is 23.2 Å². The number of guanidine groups is 1. The second kappa shape index (κ2) is 4.55. The average molecular weight is 272 g/mol. The van der Waals surface area contributed by atoms with Crippen LogP contribution in [0.1, 0.15) is 17.9 Å². The predicted octanol–water partition coefficient (Wildman–Crippen LogP) is 1.90. The molecule has 0 saturated heterocycles. The molecule has 2 unspecified atom stereocenters. The Hall–Kier alpha value is -1.26. The maximum atomic E-state index is 11.6. The molecule has 1 aliphatic rings. The minimum Gasteiger partial charge on any atom is -0.370 e. The number of nitrogens with two attached hydrogens (primary N) is 2. The Labute approximate surface area is 109 Å². The first kappa shape index (κ1) is 12.2. The van der Waals surface area contributed by atoms with Gasteiger partial charge in [-0.05, 0) is 36.1 Å². The average Bonchev–Trinajstić information content (AvgIpc) is 2.93. The number of nitrogens with zero attached hydrogens (tertiary/aromatic N) is 1. The van der Waals surface area contributed by atoms with Crippen LogP contribution >= 0.6 is 23.2 Å². The van der Waals surface area contributed by atoms with Gasteiger partial charge in [-0.1, -0.05) is 23.2 Å². The van der Waals surface area contributed by atoms with E-state index < -0.39 is 0 Å². The van der Waals surface area contributed by atoms with Gasteiger partial charge >= 0.3 is 0 Å². The van der Waals surface area contributed by atoms with Gasteiger partial charge in [-0.25, -0.2) is 0 Å². The normalized spacial score (nSPS) is 22.0. The van der Waals surface area contributed by atoms with Gasteiger partial charge in [0.25, 0.3) is 5.91 Å². The van der Waals surface area contributed by atoms with Crippen molar-refractivity contribution in [2.75, 3.05) is 0 Å². The Bertz CT molecular complexity index is 477. The van der Waals surface area contributed by atoms with Crippen molar-refractivity contribution < 1.29 is 4.79 Å². The number of aliphatic imine (C=N–C) groups is 1. The smallest absolute Gasteiger partial charge is 0.252 e. The van der Waals surface area contributed by atoms with Gasteiger partial charge in [0.05, 0.1) is 0 Å². The van der Waals surface area contributed by atoms with Gasteiger partial charge in [-0.2, -0.15) is 4.99 Å². The van der Waals surface area contributed by atoms with Crippen molar-refractivity contribution in [1.82, 2.24) is 0 Å². The van der Waals surface area contributed by atoms with Crippen molar-refractivity contribution in [2.24, 2.45) is 22.4 Å². The zero-order chi connectivity index (χ0) is 12.6. The molecule has 4 N–H and O–H groups in total. The molecule has 0 spiro atoms. The highest BCUT2D eigenvalue weighted by molar-refractivity contribution is 6.34. The van der Waals surface area contributed by atoms with Crippen LogP contribution in [-0.2, 0) is 4.79 Å². The molecule has 0 radical (unpaired) electrons. The van der Waals surface area contributed by atoms with Gasteiger partial charge in [0.1, 0.15) is 0 Å². The van der Waals surface area contributed by atoms with E-state index in [-0.39, 0.29) is 23.7 Å². The summed E-state index contributed by atoms with van der Waals surface area (Å²) in [6, 6.07) is 5.27. The molecular weight excluding hydrogens is 261 g/mol. The molecule has 6 heteroatoms. The van der Waals surface area contributed by atoms with E-state index in [0.717, 1.165) is 12.0 Å². The Morgan fingerprint density at radius 1 is 1.24 bits per heavy atom. The summed E-state index contributed by atoms with van der Waals surface area (Å²) in [7, 11) is 0. The first-order valence-corrected chi connectivity index (χ1v) is 5.82. The van der Waals surface area contributed by atoms with Crippen molar-refractivity contribution >= 4 is 35.1 Å². The lowest BCUT2D eigenvalue weighted by Gasteiger charge is -2.01. The van der Waals surface area contributed by atoms with Crippen LogP contribution in [0, 0.1) is 5.92 Å². The fourth-order valence-corrected chi connectivity index (χ4v) is 2.38. The van der Waals surface area contributed by atoms with Gasteiger partial charge in [0.2, 0.25) is 0 Å². The molecule has 90 valence electrons. The van der Waals surface area contributed by atoms with E-state index in [9.17, 15) is 4.79 Å². The third-order valence-electron chi connectivity index (χ3n) is 2.66. The topological polar surface area (TPSA) is 81.5 Å². The number of halogens is 2. The van der Waals surface area contributed by atoms with Crippen LogP contribution in [0.25, 0.3) is 0 Å². The van der Waals surface area contributed by atoms with Crippen LogP contribution < -0.4 is 11.5 Å². The number of benzene rings is 1. The second-order valence-corrected chi connectivity index (χ2v) is 4.90. The van der Waals surface area contributed by atoms with E-state index in [4.69, 9.17) is 34.7 Å². The summed E-state index contributed by atoms with van der Waals surface area (Å²) in [4.78, 5) is 15.1. The Morgan fingerprint density at radius 3 is 2.35 bits per heavy atom. The third kappa shape index (κ3) is 2.90. The molecule has 1 aliphatic carbocycles. The molecule has 0 bridgehead atoms. The van der Waals surface area contributed by atoms with E-state index >= 15 is 0 Å². The lowest BCUT2D eigenvalue weighted by atomic mass is 10.1. The maximum absolute atomic E-state index is 11.6. The highest BCUT2D eigenvalue weighted by Gasteiger charge is 2.44. The first-order valence-electron chi connectivity index (χ1n) is 5.07. The molecule has 0 aromatic heterocycles. The van der Waals surface area contributed by atoms with E-state index in [1.165, 1.54) is 0 Å². The molecule has 4 nitrogen and oxygen atoms in total. The van der Waals surface area contributed by atoms with Crippen molar-refractivity contribution in [3.63, 3.8) is 0 Å². The number of carbonyl (C=O) groups excluding carboxylic acids is 1. The van der Waals surface area contributed by atoms with Crippen molar-refractivity contribution in [2.45, 2.75) is 12.3 Å². The molecule has 1 aromatic rings. The van der Waals surface area contributed by atoms with Gasteiger partial charge in [-0.3, -0.25) is 4.79 Å². The number of amides is 1. The van der Waals surface area contributed by atoms with Gasteiger partial charge < -0.3 is 11.5 Å². The zero-order valence-corrected chi connectivity index (χ0v) is 10.4. The Morgan fingerprint density at radius 2 is 1.82 bits per heavy atom. The lowest BCUT2D eigenvalue weighted by Crippen LogP contribution is -2.24. The van der Waals surface area contributed by atoms with Crippen molar-refractivity contribution in [3.05, 3.63) is 33.8 Å². The van der Waals surface area contributed by atoms with E-state index in [0.29, 0.717) is 10.0 Å². The maximum Gasteiger partial charge on any atom is 0.252 e. The molecule has 2 atom stereocenters. The summed E-state index contributed by atoms with van der Waals surface area (Å²) < 4.78 is 0. The van der Waals surface area contributed by atoms with Gasteiger partial charge in [-0.15, -0.1) is 0 Å². The lowest BCUT2D eigenvalue weighted by molar-refractivity contribution is -0.119. The monoisotopic (exact) mass is 271 g/mol. The molecule has 0 heterocycles. The third-order valence-corrected chi connectivity index (χ3v) is 3.10. The molecule has 17 heavy (non-hydrogen) atoms. The summed E-state index contributed by atoms with van der Waals surface area (Å²) in [5.74, 6) is -0.538. The summed E-state index contributed by atoms with van der Waals surface area (Å²) in [5, 5.41) is 1.12. The minimum atomic E-state index is -0.286. The fraction of sp³-hybridized carbons (Fsp3) is 0.273. The highest BCUT2D eigenvalue weighted by Crippen LogP contribution is 2.49. The Balaban J connectivity index is 2.13. The summed E-state index contributed by atoms with van der Waals surface area (Å²) in [6.07, 6.45) is 0.728. The van der Waals surface area contributed by atoms with Gasteiger partial charge in [0.15, 0.2) is 5.96 Å². The van der Waals surface area contributed by atoms with Crippen molar-refractivity contribution in [1.29, 1.82) is 0 Å². The Kier molecular flexibility index (Phi) is 3.26. The van der Waals surface area contributed by atoms with Crippen LogP contribution in [0.4, 0.5) is 0 Å². The van der Waals surface area contributed by atoms with Crippen molar-refractivity contribution in [3.8, 4) is 0 Å². The molecule has 1 aromatic carbocycles. The predicted molar refractivity (Wildman–Crippen MR) is 68.1 cm³/mol.